The summed E-state index contributed by atoms with van der Waals surface area (Å²) in [4.78, 5) is 49.3. The van der Waals surface area contributed by atoms with Crippen LogP contribution in [0.1, 0.15) is 55.9 Å². The summed E-state index contributed by atoms with van der Waals surface area (Å²) in [6.07, 6.45) is -2.09. The van der Waals surface area contributed by atoms with Gasteiger partial charge in [-0.3, -0.25) is 19.3 Å². The Labute approximate surface area is 350 Å². The summed E-state index contributed by atoms with van der Waals surface area (Å²) in [7, 11) is 2.99. The van der Waals surface area contributed by atoms with Crippen LogP contribution in [0.2, 0.25) is 0 Å². The molecule has 0 saturated carbocycles. The van der Waals surface area contributed by atoms with Crippen LogP contribution in [0.15, 0.2) is 60.7 Å². The van der Waals surface area contributed by atoms with Gasteiger partial charge in [-0.05, 0) is 93.3 Å². The first-order valence-electron chi connectivity index (χ1n) is 19.0. The van der Waals surface area contributed by atoms with Gasteiger partial charge in [0.15, 0.2) is 0 Å². The lowest BCUT2D eigenvalue weighted by molar-refractivity contribution is -0.137. The zero-order valence-corrected chi connectivity index (χ0v) is 35.2. The number of benzene rings is 3. The Morgan fingerprint density at radius 1 is 1.08 bits per heavy atom. The Hall–Kier alpha value is -5.57. The second-order valence-corrected chi connectivity index (χ2v) is 14.1. The summed E-state index contributed by atoms with van der Waals surface area (Å²) < 4.78 is 46.6. The summed E-state index contributed by atoms with van der Waals surface area (Å²) in [5.74, 6) is 0.184. The summed E-state index contributed by atoms with van der Waals surface area (Å²) in [5, 5.41) is 18.1. The van der Waals surface area contributed by atoms with Crippen LogP contribution >= 0.6 is 12.2 Å². The molecule has 4 rings (SSSR count). The first kappa shape index (κ1) is 49.6. The molecule has 0 aliphatic carbocycles. The topological polar surface area (TPSA) is 173 Å². The summed E-state index contributed by atoms with van der Waals surface area (Å²) >= 11 is 5.29. The third-order valence-electron chi connectivity index (χ3n) is 9.42. The van der Waals surface area contributed by atoms with Crippen LogP contribution < -0.4 is 36.2 Å². The highest BCUT2D eigenvalue weighted by atomic mass is 32.1. The number of amides is 3. The molecule has 320 valence electrons. The second-order valence-electron chi connectivity index (χ2n) is 13.9. The largest absolute Gasteiger partial charge is 0.492 e. The molecule has 0 spiro atoms. The molecule has 3 aromatic rings. The zero-order valence-electron chi connectivity index (χ0n) is 34.4. The maximum absolute atomic E-state index is 13.6. The van der Waals surface area contributed by atoms with Gasteiger partial charge in [0, 0.05) is 70.3 Å². The monoisotopic (exact) mass is 840 g/mol. The maximum Gasteiger partial charge on any atom is 0.417 e. The number of thiocarbonyl (C=S) groups is 1. The molecule has 1 aliphatic heterocycles. The quantitative estimate of drug-likeness (QED) is 0.110. The Kier molecular flexibility index (Phi) is 20.5. The van der Waals surface area contributed by atoms with Gasteiger partial charge in [-0.15, -0.1) is 0 Å². The van der Waals surface area contributed by atoms with Crippen LogP contribution in [0.5, 0.6) is 5.75 Å². The van der Waals surface area contributed by atoms with Crippen molar-refractivity contribution >= 4 is 59.3 Å². The van der Waals surface area contributed by atoms with Gasteiger partial charge in [0.2, 0.25) is 12.3 Å². The highest BCUT2D eigenvalue weighted by Crippen LogP contribution is 2.36. The number of anilines is 3. The molecule has 0 aromatic heterocycles. The smallest absolute Gasteiger partial charge is 0.417 e. The van der Waals surface area contributed by atoms with Crippen molar-refractivity contribution in [3.63, 3.8) is 0 Å². The molecule has 3 amide bonds. The fraction of sp³-hybridized carbons (Fsp3) is 0.429. The van der Waals surface area contributed by atoms with Gasteiger partial charge in [0.25, 0.3) is 5.91 Å². The molecular formula is C42H55F3N8O5S. The lowest BCUT2D eigenvalue weighted by Gasteiger charge is -2.38. The third-order valence-corrected chi connectivity index (χ3v) is 9.64. The minimum absolute atomic E-state index is 0.0196. The molecular weight excluding hydrogens is 786 g/mol. The number of hydrogen-bond donors (Lipinski definition) is 4. The van der Waals surface area contributed by atoms with Crippen LogP contribution in [-0.4, -0.2) is 99.9 Å². The highest BCUT2D eigenvalue weighted by molar-refractivity contribution is 7.79. The van der Waals surface area contributed by atoms with E-state index in [1.807, 2.05) is 56.3 Å². The van der Waals surface area contributed by atoms with E-state index in [1.165, 1.54) is 18.6 Å². The minimum atomic E-state index is -4.73. The van der Waals surface area contributed by atoms with Gasteiger partial charge in [-0.2, -0.15) is 18.4 Å². The molecule has 59 heavy (non-hydrogen) atoms. The van der Waals surface area contributed by atoms with E-state index in [0.717, 1.165) is 78.6 Å². The zero-order chi connectivity index (χ0) is 44.2. The molecule has 17 heteroatoms. The van der Waals surface area contributed by atoms with Crippen LogP contribution in [0, 0.1) is 18.3 Å². The van der Waals surface area contributed by atoms with E-state index >= 15 is 0 Å². The number of nitrogens with two attached hydrogens (primary N) is 1. The van der Waals surface area contributed by atoms with Gasteiger partial charge in [-0.25, -0.2) is 0 Å². The number of aryl methyl sites for hydroxylation is 2. The van der Waals surface area contributed by atoms with Crippen LogP contribution in [0.3, 0.4) is 0 Å². The number of aldehydes is 1. The number of alkyl halides is 3. The molecule has 1 aliphatic rings. The number of nitrogens with zero attached hydrogens (tertiary/aromatic N) is 4. The molecule has 0 radical (unpaired) electrons. The van der Waals surface area contributed by atoms with Gasteiger partial charge < -0.3 is 41.0 Å². The molecule has 1 unspecified atom stereocenters. The molecule has 0 bridgehead atoms. The number of nitrogens with one attached hydrogen (secondary N) is 3. The molecule has 3 aromatic carbocycles. The number of likely N-dealkylation sites (N-methyl/N-ethyl adjacent to an activating group) is 2. The predicted octanol–water partition coefficient (Wildman–Crippen LogP) is 5.23. The third kappa shape index (κ3) is 15.0. The average molecular weight is 841 g/mol. The van der Waals surface area contributed by atoms with E-state index < -0.39 is 28.7 Å². The number of carbonyl (C=O) groups is 4. The van der Waals surface area contributed by atoms with Crippen LogP contribution in [0.4, 0.5) is 30.2 Å². The number of rotatable bonds is 16. The summed E-state index contributed by atoms with van der Waals surface area (Å²) in [5.41, 5.74) is 6.36. The molecule has 1 fully saturated rings. The van der Waals surface area contributed by atoms with E-state index in [9.17, 15) is 27.6 Å². The van der Waals surface area contributed by atoms with Crippen molar-refractivity contribution in [3.05, 3.63) is 82.9 Å². The number of piperazine rings is 1. The van der Waals surface area contributed by atoms with E-state index in [1.54, 1.807) is 31.9 Å². The van der Waals surface area contributed by atoms with Crippen molar-refractivity contribution in [1.82, 2.24) is 15.5 Å². The predicted molar refractivity (Wildman–Crippen MR) is 229 cm³/mol. The van der Waals surface area contributed by atoms with Gasteiger partial charge in [-0.1, -0.05) is 31.3 Å². The number of hydrogen-bond acceptors (Lipinski definition) is 10. The van der Waals surface area contributed by atoms with E-state index in [4.69, 9.17) is 27.0 Å². The number of ether oxygens (including phenoxy) is 1. The fourth-order valence-corrected chi connectivity index (χ4v) is 6.57. The molecule has 1 heterocycles. The van der Waals surface area contributed by atoms with Crippen LogP contribution in [0.25, 0.3) is 0 Å². The fourth-order valence-electron chi connectivity index (χ4n) is 6.19. The van der Waals surface area contributed by atoms with Crippen molar-refractivity contribution in [2.45, 2.75) is 64.7 Å². The number of nitriles is 1. The van der Waals surface area contributed by atoms with E-state index in [2.05, 4.69) is 26.6 Å². The Morgan fingerprint density at radius 3 is 2.31 bits per heavy atom. The number of primary amides is 1. The first-order valence-corrected chi connectivity index (χ1v) is 19.5. The van der Waals surface area contributed by atoms with Crippen molar-refractivity contribution in [2.75, 3.05) is 68.5 Å². The average Bonchev–Trinajstić information content (AvgIpc) is 3.22. The van der Waals surface area contributed by atoms with Gasteiger partial charge in [0.1, 0.15) is 30.2 Å². The lowest BCUT2D eigenvalue weighted by Crippen LogP contribution is -2.55. The van der Waals surface area contributed by atoms with Crippen molar-refractivity contribution in [1.29, 1.82) is 5.26 Å². The normalized spacial score (nSPS) is 13.1. The highest BCUT2D eigenvalue weighted by Gasteiger charge is 2.39. The number of carbonyl (C=O) groups excluding carboxylic acids is 4. The molecule has 1 saturated heterocycles. The molecule has 5 N–H and O–H groups in total. The number of halogens is 3. The second kappa shape index (κ2) is 24.4. The standard InChI is InChI=1S/C28H34F3N5O2S.C13H18N2O2.CH3NO/c1-5-20-16-23(8-9-25(20)38-15-14-35-12-10-33-11-13-35)36(19-39)27(2,3)26(37)34(4)22-7-6-21(18-32)24(17-22)28(29,30)31;1-10-5-3-6-11(9-10)15-12(7-4-8-16)13(17)14-2;2-1-3/h6-9,16-17,19,33H,5,10-15H2,1-4H3;3,5-6,8-9,12,15H,4,7H2,1-2H3,(H,14,17);1H,(H2,2,3). The van der Waals surface area contributed by atoms with Crippen molar-refractivity contribution in [3.8, 4) is 11.8 Å². The van der Waals surface area contributed by atoms with Gasteiger partial charge in [0.05, 0.1) is 22.7 Å². The Morgan fingerprint density at radius 2 is 1.75 bits per heavy atom. The molecule has 13 nitrogen and oxygen atoms in total. The van der Waals surface area contributed by atoms with Crippen molar-refractivity contribution < 1.29 is 37.1 Å². The Balaban J connectivity index is 0.000000498. The Bertz CT molecular complexity index is 1900. The minimum Gasteiger partial charge on any atom is -0.492 e. The summed E-state index contributed by atoms with van der Waals surface area (Å²) in [6.45, 7) is 12.6. The SMILES string of the molecule is CCc1cc(N(C=S)C(C)(C)C(=O)N(C)c2ccc(C#N)c(C(F)(F)F)c2)ccc1OCCN1CCNCC1.CNC(=O)C(CCC=O)Nc1cccc(C)c1.NC=O. The summed E-state index contributed by atoms with van der Waals surface area (Å²) in [6, 6.07) is 17.8. The van der Waals surface area contributed by atoms with Gasteiger partial charge >= 0.3 is 6.18 Å². The van der Waals surface area contributed by atoms with E-state index in [-0.39, 0.29) is 24.0 Å². The lowest BCUT2D eigenvalue weighted by atomic mass is 9.98. The first-order chi connectivity index (χ1) is 28.0. The van der Waals surface area contributed by atoms with Crippen LogP contribution in [-0.2, 0) is 31.8 Å². The van der Waals surface area contributed by atoms with E-state index in [0.29, 0.717) is 31.6 Å². The molecule has 1 atom stereocenters. The maximum atomic E-state index is 13.6. The van der Waals surface area contributed by atoms with Crippen molar-refractivity contribution in [2.24, 2.45) is 5.73 Å².